The van der Waals surface area contributed by atoms with Crippen LogP contribution in [0.5, 0.6) is 0 Å². The van der Waals surface area contributed by atoms with E-state index >= 15 is 0 Å². The van der Waals surface area contributed by atoms with Gasteiger partial charge in [-0.25, -0.2) is 0 Å². The molecule has 7 heteroatoms. The maximum atomic E-state index is 6.27. The average molecular weight is 395 g/mol. The zero-order valence-electron chi connectivity index (χ0n) is 15.9. The van der Waals surface area contributed by atoms with Gasteiger partial charge in [0.25, 0.3) is 0 Å². The van der Waals surface area contributed by atoms with Gasteiger partial charge in [-0.05, 0) is 68.6 Å². The van der Waals surface area contributed by atoms with Gasteiger partial charge in [-0.2, -0.15) is 10.2 Å². The van der Waals surface area contributed by atoms with Crippen LogP contribution in [-0.2, 0) is 13.1 Å². The molecule has 5 rings (SSSR count). The highest BCUT2D eigenvalue weighted by Crippen LogP contribution is 2.40. The molecule has 0 N–H and O–H groups in total. The smallest absolute Gasteiger partial charge is 0.151 e. The molecule has 144 valence electrons. The first-order chi connectivity index (χ1) is 13.7. The second kappa shape index (κ2) is 7.26. The van der Waals surface area contributed by atoms with E-state index in [-0.39, 0.29) is 0 Å². The number of aromatic nitrogens is 5. The summed E-state index contributed by atoms with van der Waals surface area (Å²) < 4.78 is 2.28. The van der Waals surface area contributed by atoms with Crippen LogP contribution in [0.1, 0.15) is 60.4 Å². The lowest BCUT2D eigenvalue weighted by Crippen LogP contribution is -2.17. The second-order valence-corrected chi connectivity index (χ2v) is 8.39. The molecule has 0 atom stereocenters. The van der Waals surface area contributed by atoms with Crippen LogP contribution in [0.3, 0.4) is 0 Å². The summed E-state index contributed by atoms with van der Waals surface area (Å²) in [7, 11) is 2.11. The minimum Gasteiger partial charge on any atom is -0.295 e. The molecule has 2 aromatic heterocycles. The fourth-order valence-corrected chi connectivity index (χ4v) is 4.82. The molecule has 1 fully saturated rings. The Balaban J connectivity index is 1.45. The van der Waals surface area contributed by atoms with Crippen molar-refractivity contribution < 1.29 is 0 Å². The Hall–Kier alpha value is -2.31. The maximum absolute atomic E-state index is 6.27. The van der Waals surface area contributed by atoms with Crippen molar-refractivity contribution in [1.82, 2.24) is 29.9 Å². The third kappa shape index (κ3) is 3.20. The van der Waals surface area contributed by atoms with Crippen LogP contribution in [0.4, 0.5) is 0 Å². The molecule has 0 spiro atoms. The standard InChI is InChI=1S/C21H23ClN6/c1-27-12-16-11-17(22)8-9-19(16)28-20(13-27)25-26-21(28)15-6-4-14(5-7-15)18-3-2-10-23-24-18/h2-3,8-11,14-15H,4-7,12-13H2,1H3/t14-,15-. The largest absolute Gasteiger partial charge is 0.295 e. The molecule has 0 amide bonds. The van der Waals surface area contributed by atoms with Gasteiger partial charge in [0, 0.05) is 29.6 Å². The lowest BCUT2D eigenvalue weighted by Gasteiger charge is -2.28. The van der Waals surface area contributed by atoms with E-state index in [0.29, 0.717) is 11.8 Å². The highest BCUT2D eigenvalue weighted by Gasteiger charge is 2.30. The van der Waals surface area contributed by atoms with Crippen molar-refractivity contribution in [3.63, 3.8) is 0 Å². The van der Waals surface area contributed by atoms with Crippen molar-refractivity contribution >= 4 is 11.6 Å². The SMILES string of the molecule is CN1Cc2cc(Cl)ccc2-n2c(nnc2[C@H]2CC[C@H](c3cccnn3)CC2)C1. The van der Waals surface area contributed by atoms with Crippen LogP contribution in [0.25, 0.3) is 5.69 Å². The summed E-state index contributed by atoms with van der Waals surface area (Å²) in [6.45, 7) is 1.65. The quantitative estimate of drug-likeness (QED) is 0.655. The Kier molecular flexibility index (Phi) is 4.61. The van der Waals surface area contributed by atoms with Crippen molar-refractivity contribution in [1.29, 1.82) is 0 Å². The summed E-state index contributed by atoms with van der Waals surface area (Å²) in [5, 5.41) is 18.3. The van der Waals surface area contributed by atoms with E-state index in [9.17, 15) is 0 Å². The van der Waals surface area contributed by atoms with E-state index < -0.39 is 0 Å². The molecule has 2 aliphatic rings. The van der Waals surface area contributed by atoms with E-state index in [0.717, 1.165) is 61.1 Å². The summed E-state index contributed by atoms with van der Waals surface area (Å²) in [4.78, 5) is 2.26. The molecule has 1 aliphatic carbocycles. The lowest BCUT2D eigenvalue weighted by molar-refractivity contribution is 0.315. The van der Waals surface area contributed by atoms with E-state index in [4.69, 9.17) is 11.6 Å². The normalized spacial score (nSPS) is 22.4. The predicted molar refractivity (Wildman–Crippen MR) is 108 cm³/mol. The van der Waals surface area contributed by atoms with Gasteiger partial charge < -0.3 is 0 Å². The molecule has 3 heterocycles. The zero-order chi connectivity index (χ0) is 19.1. The first kappa shape index (κ1) is 17.8. The van der Waals surface area contributed by atoms with Gasteiger partial charge >= 0.3 is 0 Å². The van der Waals surface area contributed by atoms with Crippen molar-refractivity contribution in [2.75, 3.05) is 7.05 Å². The highest BCUT2D eigenvalue weighted by atomic mass is 35.5. The number of halogens is 1. The fraction of sp³-hybridized carbons (Fsp3) is 0.429. The van der Waals surface area contributed by atoms with Gasteiger partial charge in [0.2, 0.25) is 0 Å². The van der Waals surface area contributed by atoms with Gasteiger partial charge in [-0.15, -0.1) is 10.2 Å². The fourth-order valence-electron chi connectivity index (χ4n) is 4.63. The van der Waals surface area contributed by atoms with Crippen LogP contribution in [0, 0.1) is 0 Å². The topological polar surface area (TPSA) is 59.7 Å². The summed E-state index contributed by atoms with van der Waals surface area (Å²) in [5.74, 6) is 3.01. The second-order valence-electron chi connectivity index (χ2n) is 7.95. The molecule has 0 unspecified atom stereocenters. The first-order valence-corrected chi connectivity index (χ1v) is 10.3. The Morgan fingerprint density at radius 3 is 2.57 bits per heavy atom. The Bertz CT molecular complexity index is 978. The molecule has 1 aromatic carbocycles. The number of benzene rings is 1. The van der Waals surface area contributed by atoms with Crippen molar-refractivity contribution in [2.45, 2.75) is 50.6 Å². The molecular weight excluding hydrogens is 372 g/mol. The molecule has 28 heavy (non-hydrogen) atoms. The predicted octanol–water partition coefficient (Wildman–Crippen LogP) is 4.10. The van der Waals surface area contributed by atoms with Crippen molar-refractivity contribution in [2.24, 2.45) is 0 Å². The van der Waals surface area contributed by atoms with Crippen LogP contribution >= 0.6 is 11.6 Å². The van der Waals surface area contributed by atoms with Crippen molar-refractivity contribution in [3.8, 4) is 5.69 Å². The minimum atomic E-state index is 0.418. The molecule has 6 nitrogen and oxygen atoms in total. The monoisotopic (exact) mass is 394 g/mol. The highest BCUT2D eigenvalue weighted by molar-refractivity contribution is 6.30. The van der Waals surface area contributed by atoms with Gasteiger partial charge in [0.05, 0.1) is 17.9 Å². The third-order valence-electron chi connectivity index (χ3n) is 5.99. The molecule has 0 bridgehead atoms. The van der Waals surface area contributed by atoms with Crippen LogP contribution in [0.15, 0.2) is 36.5 Å². The van der Waals surface area contributed by atoms with E-state index in [2.05, 4.69) is 55.1 Å². The molecule has 3 aromatic rings. The van der Waals surface area contributed by atoms with Gasteiger partial charge in [0.1, 0.15) is 5.82 Å². The van der Waals surface area contributed by atoms with Crippen LogP contribution in [-0.4, -0.2) is 36.9 Å². The Morgan fingerprint density at radius 2 is 1.79 bits per heavy atom. The van der Waals surface area contributed by atoms with Crippen molar-refractivity contribution in [3.05, 3.63) is 64.5 Å². The number of rotatable bonds is 2. The van der Waals surface area contributed by atoms with Crippen LogP contribution in [0.2, 0.25) is 5.02 Å². The molecule has 0 saturated heterocycles. The van der Waals surface area contributed by atoms with Gasteiger partial charge in [-0.1, -0.05) is 11.6 Å². The number of nitrogens with zero attached hydrogens (tertiary/aromatic N) is 6. The summed E-state index contributed by atoms with van der Waals surface area (Å²) in [6, 6.07) is 10.2. The number of hydrogen-bond acceptors (Lipinski definition) is 5. The van der Waals surface area contributed by atoms with E-state index in [1.807, 2.05) is 12.1 Å². The lowest BCUT2D eigenvalue weighted by atomic mass is 9.80. The molecule has 0 radical (unpaired) electrons. The molecule has 1 aliphatic heterocycles. The Morgan fingerprint density at radius 1 is 0.964 bits per heavy atom. The van der Waals surface area contributed by atoms with E-state index in [1.54, 1.807) is 6.20 Å². The van der Waals surface area contributed by atoms with Gasteiger partial charge in [-0.3, -0.25) is 9.47 Å². The summed E-state index contributed by atoms with van der Waals surface area (Å²) in [5.41, 5.74) is 3.51. The molecular formula is C21H23ClN6. The maximum Gasteiger partial charge on any atom is 0.151 e. The zero-order valence-corrected chi connectivity index (χ0v) is 16.7. The first-order valence-electron chi connectivity index (χ1n) is 9.88. The summed E-state index contributed by atoms with van der Waals surface area (Å²) >= 11 is 6.27. The van der Waals surface area contributed by atoms with E-state index in [1.165, 1.54) is 11.3 Å². The van der Waals surface area contributed by atoms with Gasteiger partial charge in [0.15, 0.2) is 5.82 Å². The summed E-state index contributed by atoms with van der Waals surface area (Å²) in [6.07, 6.45) is 6.15. The number of fused-ring (bicyclic) bond motifs is 3. The Labute approximate surface area is 169 Å². The molecule has 1 saturated carbocycles. The minimum absolute atomic E-state index is 0.418. The number of hydrogen-bond donors (Lipinski definition) is 0. The third-order valence-corrected chi connectivity index (χ3v) is 6.23. The average Bonchev–Trinajstić information content (AvgIpc) is 3.06. The van der Waals surface area contributed by atoms with Crippen LogP contribution < -0.4 is 0 Å².